The van der Waals surface area contributed by atoms with Gasteiger partial charge in [0, 0.05) is 21.1 Å². The van der Waals surface area contributed by atoms with Crippen molar-refractivity contribution in [2.24, 2.45) is 0 Å². The number of hydrogen-bond donors (Lipinski definition) is 0. The van der Waals surface area contributed by atoms with Crippen LogP contribution in [0.3, 0.4) is 0 Å². The van der Waals surface area contributed by atoms with E-state index in [1.807, 2.05) is 0 Å². The fourth-order valence-corrected chi connectivity index (χ4v) is 0.356. The topological polar surface area (TPSA) is 34.1 Å². The van der Waals surface area contributed by atoms with E-state index in [1.54, 1.807) is 0 Å². The molecule has 9 heteroatoms. The molecule has 0 heterocycles. The number of alkyl halides is 6. The molecule has 0 aliphatic heterocycles. The molecule has 0 aromatic heterocycles. The predicted molar refractivity (Wildman–Crippen MR) is 27.0 cm³/mol. The third-order valence-electron chi connectivity index (χ3n) is 0.964. The molecule has 0 saturated carbocycles. The second-order valence-electron chi connectivity index (χ2n) is 1.99. The molecule has 0 amide bonds. The maximum atomic E-state index is 11.9. The van der Waals surface area contributed by atoms with Gasteiger partial charge in [0.2, 0.25) is 0 Å². The minimum Gasteiger partial charge on any atom is -0.284 e. The van der Waals surface area contributed by atoms with Crippen LogP contribution in [-0.2, 0) is 30.7 Å². The van der Waals surface area contributed by atoms with Gasteiger partial charge in [0.15, 0.2) is 6.67 Å². The van der Waals surface area contributed by atoms with Crippen molar-refractivity contribution in [1.82, 2.24) is 0 Å². The summed E-state index contributed by atoms with van der Waals surface area (Å²) in [5.74, 6) is -11.2. The van der Waals surface area contributed by atoms with Gasteiger partial charge in [-0.15, -0.1) is 0 Å². The summed E-state index contributed by atoms with van der Waals surface area (Å²) >= 11 is 0. The van der Waals surface area contributed by atoms with Gasteiger partial charge in [0.25, 0.3) is 5.78 Å². The standard InChI is InChI=1S/C5H2F6O2.Pt/c6-1-4(7,8)2(12)3(13)5(9,10)11;/h1H2;. The molecule has 0 radical (unpaired) electrons. The molecule has 0 aromatic carbocycles. The van der Waals surface area contributed by atoms with Gasteiger partial charge in [-0.1, -0.05) is 0 Å². The minimum atomic E-state index is -5.70. The van der Waals surface area contributed by atoms with Gasteiger partial charge in [0.05, 0.1) is 0 Å². The SMILES string of the molecule is O=C(C(=O)C(F)(F)CF)C(F)(F)F.[Pt]. The Balaban J connectivity index is 0. The number of hydrogen-bond acceptors (Lipinski definition) is 2. The number of ketones is 2. The predicted octanol–water partition coefficient (Wildman–Crippen LogP) is 1.29. The third kappa shape index (κ3) is 3.77. The van der Waals surface area contributed by atoms with E-state index in [0.717, 1.165) is 0 Å². The van der Waals surface area contributed by atoms with Gasteiger partial charge in [-0.05, 0) is 0 Å². The molecule has 0 rings (SSSR count). The zero-order chi connectivity index (χ0) is 10.9. The first kappa shape index (κ1) is 16.1. The maximum absolute atomic E-state index is 11.9. The molecule has 0 saturated heterocycles. The molecule has 0 aliphatic carbocycles. The maximum Gasteiger partial charge on any atom is 0.458 e. The fourth-order valence-electron chi connectivity index (χ4n) is 0.356. The molecule has 0 atom stereocenters. The molecule has 0 fully saturated rings. The monoisotopic (exact) mass is 403 g/mol. The first-order chi connectivity index (χ1) is 5.63. The number of halogens is 6. The Morgan fingerprint density at radius 3 is 1.50 bits per heavy atom. The quantitative estimate of drug-likeness (QED) is 0.526. The van der Waals surface area contributed by atoms with Gasteiger partial charge in [0.1, 0.15) is 0 Å². The third-order valence-corrected chi connectivity index (χ3v) is 0.964. The zero-order valence-corrected chi connectivity index (χ0v) is 8.38. The van der Waals surface area contributed by atoms with Crippen molar-refractivity contribution in [2.75, 3.05) is 6.67 Å². The number of carbonyl (C=O) groups is 2. The number of rotatable bonds is 3. The van der Waals surface area contributed by atoms with Crippen molar-refractivity contribution in [2.45, 2.75) is 12.1 Å². The van der Waals surface area contributed by atoms with Gasteiger partial charge >= 0.3 is 17.9 Å². The largest absolute Gasteiger partial charge is 0.458 e. The Hall–Kier alpha value is -0.392. The summed E-state index contributed by atoms with van der Waals surface area (Å²) in [6.07, 6.45) is -5.70. The van der Waals surface area contributed by atoms with Crippen LogP contribution < -0.4 is 0 Å². The van der Waals surface area contributed by atoms with Crippen molar-refractivity contribution < 1.29 is 57.0 Å². The summed E-state index contributed by atoms with van der Waals surface area (Å²) in [5.41, 5.74) is 0. The summed E-state index contributed by atoms with van der Waals surface area (Å²) in [7, 11) is 0. The number of carbonyl (C=O) groups excluding carboxylic acids is 2. The van der Waals surface area contributed by atoms with Crippen molar-refractivity contribution in [3.05, 3.63) is 0 Å². The molecule has 14 heavy (non-hydrogen) atoms. The molecular formula is C5H2F6O2Pt. The smallest absolute Gasteiger partial charge is 0.284 e. The zero-order valence-electron chi connectivity index (χ0n) is 6.11. The molecule has 0 unspecified atom stereocenters. The summed E-state index contributed by atoms with van der Waals surface area (Å²) in [6.45, 7) is -2.63. The molecular weight excluding hydrogens is 401 g/mol. The van der Waals surface area contributed by atoms with E-state index in [4.69, 9.17) is 0 Å². The molecule has 0 spiro atoms. The van der Waals surface area contributed by atoms with E-state index in [9.17, 15) is 35.9 Å². The van der Waals surface area contributed by atoms with Crippen LogP contribution in [0, 0.1) is 0 Å². The van der Waals surface area contributed by atoms with E-state index < -0.39 is 30.3 Å². The Kier molecular flexibility index (Phi) is 5.63. The molecule has 0 aliphatic rings. The summed E-state index contributed by atoms with van der Waals surface area (Å²) < 4.78 is 69.1. The van der Waals surface area contributed by atoms with Crippen LogP contribution in [0.5, 0.6) is 0 Å². The first-order valence-electron chi connectivity index (χ1n) is 2.72. The normalized spacial score (nSPS) is 11.9. The second kappa shape index (κ2) is 4.91. The molecule has 86 valence electrons. The van der Waals surface area contributed by atoms with E-state index in [1.165, 1.54) is 0 Å². The van der Waals surface area contributed by atoms with Crippen LogP contribution in [0.2, 0.25) is 0 Å². The summed E-state index contributed by atoms with van der Waals surface area (Å²) in [4.78, 5) is 19.8. The Morgan fingerprint density at radius 2 is 1.29 bits per heavy atom. The van der Waals surface area contributed by atoms with Crippen LogP contribution in [0.25, 0.3) is 0 Å². The molecule has 0 N–H and O–H groups in total. The second-order valence-corrected chi connectivity index (χ2v) is 1.99. The van der Waals surface area contributed by atoms with Crippen molar-refractivity contribution in [3.8, 4) is 0 Å². The van der Waals surface area contributed by atoms with E-state index in [-0.39, 0.29) is 21.1 Å². The van der Waals surface area contributed by atoms with Gasteiger partial charge in [-0.25, -0.2) is 4.39 Å². The van der Waals surface area contributed by atoms with E-state index in [0.29, 0.717) is 0 Å². The van der Waals surface area contributed by atoms with Crippen LogP contribution in [0.15, 0.2) is 0 Å². The first-order valence-corrected chi connectivity index (χ1v) is 2.72. The van der Waals surface area contributed by atoms with Crippen LogP contribution in [0.4, 0.5) is 26.3 Å². The van der Waals surface area contributed by atoms with Crippen LogP contribution in [-0.4, -0.2) is 30.3 Å². The summed E-state index contributed by atoms with van der Waals surface area (Å²) in [5, 5.41) is 0. The van der Waals surface area contributed by atoms with Crippen LogP contribution >= 0.6 is 0 Å². The molecule has 0 aromatic rings. The minimum absolute atomic E-state index is 0. The van der Waals surface area contributed by atoms with E-state index in [2.05, 4.69) is 0 Å². The average Bonchev–Trinajstić information content (AvgIpc) is 2.00. The summed E-state index contributed by atoms with van der Waals surface area (Å²) in [6, 6.07) is 0. The van der Waals surface area contributed by atoms with Crippen LogP contribution in [0.1, 0.15) is 0 Å². The van der Waals surface area contributed by atoms with Crippen molar-refractivity contribution in [3.63, 3.8) is 0 Å². The fraction of sp³-hybridized carbons (Fsp3) is 0.600. The van der Waals surface area contributed by atoms with E-state index >= 15 is 0 Å². The van der Waals surface area contributed by atoms with Gasteiger partial charge < -0.3 is 0 Å². The molecule has 2 nitrogen and oxygen atoms in total. The Morgan fingerprint density at radius 1 is 0.929 bits per heavy atom. The van der Waals surface area contributed by atoms with Crippen molar-refractivity contribution >= 4 is 11.6 Å². The number of Topliss-reactive ketones (excluding diaryl/α,β-unsaturated/α-hetero) is 2. The van der Waals surface area contributed by atoms with Gasteiger partial charge in [-0.3, -0.25) is 9.59 Å². The Labute approximate surface area is 87.9 Å². The molecule has 0 bridgehead atoms. The van der Waals surface area contributed by atoms with Gasteiger partial charge in [-0.2, -0.15) is 22.0 Å². The Bertz CT molecular complexity index is 235. The van der Waals surface area contributed by atoms with Crippen molar-refractivity contribution in [1.29, 1.82) is 0 Å². The average molecular weight is 403 g/mol.